The predicted molar refractivity (Wildman–Crippen MR) is 105 cm³/mol. The highest BCUT2D eigenvalue weighted by Crippen LogP contribution is 2.22. The van der Waals surface area contributed by atoms with Gasteiger partial charge >= 0.3 is 0 Å². The number of nitriles is 1. The maximum atomic E-state index is 12.8. The Morgan fingerprint density at radius 2 is 1.96 bits per heavy atom. The highest BCUT2D eigenvalue weighted by molar-refractivity contribution is 7.99. The molecule has 3 aromatic rings. The Morgan fingerprint density at radius 3 is 2.64 bits per heavy atom. The van der Waals surface area contributed by atoms with E-state index in [4.69, 9.17) is 10.00 Å². The quantitative estimate of drug-likeness (QED) is 0.542. The Kier molecular flexibility index (Phi) is 6.59. The van der Waals surface area contributed by atoms with Gasteiger partial charge in [0.1, 0.15) is 5.75 Å². The SMILES string of the molecule is COc1ccc(-n2nnnc2SCC(=O)N(CCC#N)c2ccccc2)cc1. The number of rotatable bonds is 8. The van der Waals surface area contributed by atoms with Gasteiger partial charge in [0.2, 0.25) is 11.1 Å². The third kappa shape index (κ3) is 4.66. The van der Waals surface area contributed by atoms with Crippen molar-refractivity contribution in [1.82, 2.24) is 20.2 Å². The van der Waals surface area contributed by atoms with E-state index in [1.165, 1.54) is 11.8 Å². The highest BCUT2D eigenvalue weighted by atomic mass is 32.2. The largest absolute Gasteiger partial charge is 0.497 e. The summed E-state index contributed by atoms with van der Waals surface area (Å²) in [7, 11) is 1.60. The summed E-state index contributed by atoms with van der Waals surface area (Å²) < 4.78 is 6.73. The summed E-state index contributed by atoms with van der Waals surface area (Å²) in [6.07, 6.45) is 0.259. The molecule has 28 heavy (non-hydrogen) atoms. The molecule has 0 bridgehead atoms. The van der Waals surface area contributed by atoms with Crippen LogP contribution in [0.5, 0.6) is 5.75 Å². The van der Waals surface area contributed by atoms with Gasteiger partial charge in [-0.1, -0.05) is 30.0 Å². The fraction of sp³-hybridized carbons (Fsp3) is 0.211. The van der Waals surface area contributed by atoms with Crippen molar-refractivity contribution in [1.29, 1.82) is 5.26 Å². The first-order chi connectivity index (χ1) is 13.7. The van der Waals surface area contributed by atoms with Crippen LogP contribution >= 0.6 is 11.8 Å². The first-order valence-corrected chi connectivity index (χ1v) is 9.49. The number of ether oxygens (including phenoxy) is 1. The summed E-state index contributed by atoms with van der Waals surface area (Å²) in [5.74, 6) is 0.768. The van der Waals surface area contributed by atoms with Crippen LogP contribution in [0.3, 0.4) is 0 Å². The lowest BCUT2D eigenvalue weighted by molar-refractivity contribution is -0.116. The fourth-order valence-electron chi connectivity index (χ4n) is 2.53. The van der Waals surface area contributed by atoms with Crippen LogP contribution in [0.4, 0.5) is 5.69 Å². The normalized spacial score (nSPS) is 10.3. The molecule has 0 N–H and O–H groups in total. The molecule has 1 amide bonds. The molecule has 0 spiro atoms. The highest BCUT2D eigenvalue weighted by Gasteiger charge is 2.18. The van der Waals surface area contributed by atoms with Gasteiger partial charge in [-0.05, 0) is 46.8 Å². The summed E-state index contributed by atoms with van der Waals surface area (Å²) in [5, 5.41) is 21.1. The zero-order chi connectivity index (χ0) is 19.8. The minimum absolute atomic E-state index is 0.115. The Labute approximate surface area is 166 Å². The van der Waals surface area contributed by atoms with E-state index in [0.717, 1.165) is 17.1 Å². The first kappa shape index (κ1) is 19.4. The molecule has 0 radical (unpaired) electrons. The third-order valence-electron chi connectivity index (χ3n) is 3.90. The van der Waals surface area contributed by atoms with Gasteiger partial charge in [-0.2, -0.15) is 9.94 Å². The average molecular weight is 394 g/mol. The lowest BCUT2D eigenvalue weighted by Gasteiger charge is -2.21. The van der Waals surface area contributed by atoms with Crippen LogP contribution in [0.15, 0.2) is 59.8 Å². The number of hydrogen-bond acceptors (Lipinski definition) is 7. The van der Waals surface area contributed by atoms with Crippen LogP contribution in [0.25, 0.3) is 5.69 Å². The van der Waals surface area contributed by atoms with Crippen LogP contribution in [-0.2, 0) is 4.79 Å². The number of carbonyl (C=O) groups excluding carboxylic acids is 1. The number of anilines is 1. The average Bonchev–Trinajstić information content (AvgIpc) is 3.22. The third-order valence-corrected chi connectivity index (χ3v) is 4.80. The van der Waals surface area contributed by atoms with Gasteiger partial charge in [0.05, 0.1) is 31.0 Å². The number of methoxy groups -OCH3 is 1. The number of hydrogen-bond donors (Lipinski definition) is 0. The molecule has 0 aliphatic rings. The summed E-state index contributed by atoms with van der Waals surface area (Å²) in [4.78, 5) is 14.4. The lowest BCUT2D eigenvalue weighted by Crippen LogP contribution is -2.33. The zero-order valence-electron chi connectivity index (χ0n) is 15.2. The molecule has 0 atom stereocenters. The van der Waals surface area contributed by atoms with E-state index in [0.29, 0.717) is 11.7 Å². The number of tetrazole rings is 1. The Morgan fingerprint density at radius 1 is 1.21 bits per heavy atom. The van der Waals surface area contributed by atoms with Crippen LogP contribution in [0.1, 0.15) is 6.42 Å². The molecule has 0 saturated carbocycles. The minimum atomic E-state index is -0.115. The zero-order valence-corrected chi connectivity index (χ0v) is 16.0. The van der Waals surface area contributed by atoms with E-state index >= 15 is 0 Å². The van der Waals surface area contributed by atoms with Crippen LogP contribution in [0.2, 0.25) is 0 Å². The number of para-hydroxylation sites is 1. The van der Waals surface area contributed by atoms with Crippen molar-refractivity contribution < 1.29 is 9.53 Å². The Balaban J connectivity index is 1.71. The van der Waals surface area contributed by atoms with Gasteiger partial charge in [0.25, 0.3) is 0 Å². The monoisotopic (exact) mass is 394 g/mol. The summed E-state index contributed by atoms with van der Waals surface area (Å²) in [6, 6.07) is 18.7. The van der Waals surface area contributed by atoms with Crippen molar-refractivity contribution in [3.8, 4) is 17.5 Å². The number of carbonyl (C=O) groups is 1. The summed E-state index contributed by atoms with van der Waals surface area (Å²) >= 11 is 1.24. The standard InChI is InChI=1S/C19H18N6O2S/c1-27-17-10-8-16(9-11-17)25-19(21-22-23-25)28-14-18(26)24(13-5-12-20)15-6-3-2-4-7-15/h2-4,6-11H,5,13-14H2,1H3. The number of thioether (sulfide) groups is 1. The van der Waals surface area contributed by atoms with E-state index in [2.05, 4.69) is 21.6 Å². The van der Waals surface area contributed by atoms with Crippen molar-refractivity contribution in [2.24, 2.45) is 0 Å². The van der Waals surface area contributed by atoms with Gasteiger partial charge in [-0.25, -0.2) is 0 Å². The molecule has 0 aliphatic heterocycles. The molecule has 3 rings (SSSR count). The van der Waals surface area contributed by atoms with E-state index in [-0.39, 0.29) is 18.1 Å². The Bertz CT molecular complexity index is 953. The molecule has 0 fully saturated rings. The molecular formula is C19H18N6O2S. The number of benzene rings is 2. The van der Waals surface area contributed by atoms with E-state index in [1.54, 1.807) is 16.7 Å². The summed E-state index contributed by atoms with van der Waals surface area (Å²) in [6.45, 7) is 0.337. The van der Waals surface area contributed by atoms with Gasteiger partial charge in [-0.3, -0.25) is 4.79 Å². The van der Waals surface area contributed by atoms with Crippen LogP contribution in [0, 0.1) is 11.3 Å². The molecule has 8 nitrogen and oxygen atoms in total. The molecule has 0 unspecified atom stereocenters. The van der Waals surface area contributed by atoms with Crippen molar-refractivity contribution in [3.63, 3.8) is 0 Å². The topological polar surface area (TPSA) is 96.9 Å². The molecule has 0 aliphatic carbocycles. The predicted octanol–water partition coefficient (Wildman–Crippen LogP) is 2.71. The second-order valence-electron chi connectivity index (χ2n) is 5.65. The van der Waals surface area contributed by atoms with Crippen molar-refractivity contribution in [3.05, 3.63) is 54.6 Å². The summed E-state index contributed by atoms with van der Waals surface area (Å²) in [5.41, 5.74) is 1.53. The molecular weight excluding hydrogens is 376 g/mol. The number of aromatic nitrogens is 4. The second-order valence-corrected chi connectivity index (χ2v) is 6.59. The smallest absolute Gasteiger partial charge is 0.237 e. The lowest BCUT2D eigenvalue weighted by atomic mass is 10.2. The maximum Gasteiger partial charge on any atom is 0.237 e. The van der Waals surface area contributed by atoms with Crippen LogP contribution < -0.4 is 9.64 Å². The van der Waals surface area contributed by atoms with Crippen molar-refractivity contribution in [2.75, 3.05) is 24.3 Å². The van der Waals surface area contributed by atoms with Gasteiger partial charge < -0.3 is 9.64 Å². The fourth-order valence-corrected chi connectivity index (χ4v) is 3.29. The molecule has 9 heteroatoms. The molecule has 2 aromatic carbocycles. The molecule has 1 aromatic heterocycles. The van der Waals surface area contributed by atoms with Gasteiger partial charge in [-0.15, -0.1) is 5.10 Å². The molecule has 142 valence electrons. The minimum Gasteiger partial charge on any atom is -0.497 e. The number of nitrogens with zero attached hydrogens (tertiary/aromatic N) is 6. The Hall–Kier alpha value is -3.38. The first-order valence-electron chi connectivity index (χ1n) is 8.51. The van der Waals surface area contributed by atoms with Gasteiger partial charge in [0, 0.05) is 12.2 Å². The van der Waals surface area contributed by atoms with E-state index in [9.17, 15) is 4.79 Å². The molecule has 1 heterocycles. The number of amides is 1. The maximum absolute atomic E-state index is 12.8. The van der Waals surface area contributed by atoms with Crippen molar-refractivity contribution in [2.45, 2.75) is 11.6 Å². The van der Waals surface area contributed by atoms with Crippen LogP contribution in [-0.4, -0.2) is 45.5 Å². The van der Waals surface area contributed by atoms with E-state index in [1.807, 2.05) is 54.6 Å². The van der Waals surface area contributed by atoms with Gasteiger partial charge in [0.15, 0.2) is 0 Å². The second kappa shape index (κ2) is 9.53. The molecule has 0 saturated heterocycles. The van der Waals surface area contributed by atoms with Crippen molar-refractivity contribution >= 4 is 23.4 Å². The van der Waals surface area contributed by atoms with E-state index < -0.39 is 0 Å².